The molecule has 5 nitrogen and oxygen atoms in total. The minimum Gasteiger partial charge on any atom is -0.480 e. The van der Waals surface area contributed by atoms with Gasteiger partial charge >= 0.3 is 0 Å². The number of anilines is 1. The van der Waals surface area contributed by atoms with Gasteiger partial charge in [0, 0.05) is 13.2 Å². The summed E-state index contributed by atoms with van der Waals surface area (Å²) < 4.78 is 11.5. The zero-order valence-corrected chi connectivity index (χ0v) is 11.6. The van der Waals surface area contributed by atoms with E-state index in [2.05, 4.69) is 38.1 Å². The van der Waals surface area contributed by atoms with Gasteiger partial charge in [0.05, 0.1) is 23.4 Å². The highest BCUT2D eigenvalue weighted by atomic mass is 79.9. The number of hydrogen-bond acceptors (Lipinski definition) is 5. The van der Waals surface area contributed by atoms with Crippen LogP contribution in [0.25, 0.3) is 0 Å². The summed E-state index contributed by atoms with van der Waals surface area (Å²) in [7, 11) is 1.58. The molecule has 1 aromatic rings. The summed E-state index contributed by atoms with van der Waals surface area (Å²) in [5.41, 5.74) is -0.107. The normalized spacial score (nSPS) is 23.7. The second kappa shape index (κ2) is 5.18. The van der Waals surface area contributed by atoms with Crippen molar-refractivity contribution in [3.63, 3.8) is 0 Å². The minimum atomic E-state index is -0.107. The van der Waals surface area contributed by atoms with Gasteiger partial charge in [0.2, 0.25) is 11.8 Å². The van der Waals surface area contributed by atoms with Crippen molar-refractivity contribution in [2.45, 2.75) is 25.4 Å². The fraction of sp³-hybridized carbons (Fsp3) is 0.636. The van der Waals surface area contributed by atoms with E-state index in [0.717, 1.165) is 23.9 Å². The molecule has 0 bridgehead atoms. The average molecular weight is 302 g/mol. The van der Waals surface area contributed by atoms with Crippen molar-refractivity contribution >= 4 is 21.9 Å². The molecule has 1 aromatic heterocycles. The van der Waals surface area contributed by atoms with Gasteiger partial charge in [-0.2, -0.15) is 4.98 Å². The number of halogens is 1. The zero-order valence-electron chi connectivity index (χ0n) is 9.99. The van der Waals surface area contributed by atoms with E-state index in [9.17, 15) is 0 Å². The van der Waals surface area contributed by atoms with Gasteiger partial charge in [-0.05, 0) is 35.7 Å². The van der Waals surface area contributed by atoms with Gasteiger partial charge in [-0.3, -0.25) is 0 Å². The highest BCUT2D eigenvalue weighted by molar-refractivity contribution is 9.10. The number of rotatable bonds is 4. The number of aromatic nitrogens is 2. The molecular formula is C11H16BrN3O2. The fourth-order valence-electron chi connectivity index (χ4n) is 1.82. The van der Waals surface area contributed by atoms with Crippen LogP contribution in [-0.2, 0) is 4.74 Å². The van der Waals surface area contributed by atoms with Crippen molar-refractivity contribution in [3.8, 4) is 5.88 Å². The van der Waals surface area contributed by atoms with Crippen molar-refractivity contribution < 1.29 is 9.47 Å². The SMILES string of the molecule is COc1nc(NCC2(C)CCCO2)ncc1Br. The molecule has 0 aliphatic carbocycles. The Labute approximate surface area is 109 Å². The Bertz CT molecular complexity index is 394. The molecule has 1 unspecified atom stereocenters. The van der Waals surface area contributed by atoms with E-state index < -0.39 is 0 Å². The summed E-state index contributed by atoms with van der Waals surface area (Å²) in [5, 5.41) is 3.18. The van der Waals surface area contributed by atoms with Crippen LogP contribution in [0.4, 0.5) is 5.95 Å². The molecule has 1 aliphatic heterocycles. The van der Waals surface area contributed by atoms with Gasteiger partial charge in [-0.1, -0.05) is 0 Å². The lowest BCUT2D eigenvalue weighted by Gasteiger charge is -2.23. The maximum atomic E-state index is 5.68. The van der Waals surface area contributed by atoms with Gasteiger partial charge in [-0.25, -0.2) is 4.98 Å². The Hall–Kier alpha value is -0.880. The molecule has 2 heterocycles. The van der Waals surface area contributed by atoms with Gasteiger partial charge in [0.15, 0.2) is 0 Å². The predicted molar refractivity (Wildman–Crippen MR) is 68.4 cm³/mol. The van der Waals surface area contributed by atoms with Crippen molar-refractivity contribution in [1.29, 1.82) is 0 Å². The topological polar surface area (TPSA) is 56.3 Å². The first-order valence-corrected chi connectivity index (χ1v) is 6.37. The highest BCUT2D eigenvalue weighted by Gasteiger charge is 2.29. The van der Waals surface area contributed by atoms with Crippen LogP contribution < -0.4 is 10.1 Å². The van der Waals surface area contributed by atoms with Gasteiger partial charge < -0.3 is 14.8 Å². The molecule has 17 heavy (non-hydrogen) atoms. The lowest BCUT2D eigenvalue weighted by molar-refractivity contribution is 0.0314. The number of methoxy groups -OCH3 is 1. The first-order chi connectivity index (χ1) is 8.13. The summed E-state index contributed by atoms with van der Waals surface area (Å²) >= 11 is 3.32. The molecule has 1 aliphatic rings. The van der Waals surface area contributed by atoms with E-state index in [1.165, 1.54) is 0 Å². The Morgan fingerprint density at radius 2 is 2.47 bits per heavy atom. The van der Waals surface area contributed by atoms with E-state index in [1.807, 2.05) is 0 Å². The van der Waals surface area contributed by atoms with Crippen molar-refractivity contribution in [3.05, 3.63) is 10.7 Å². The van der Waals surface area contributed by atoms with E-state index >= 15 is 0 Å². The largest absolute Gasteiger partial charge is 0.480 e. The number of hydrogen-bond donors (Lipinski definition) is 1. The quantitative estimate of drug-likeness (QED) is 0.924. The third-order valence-corrected chi connectivity index (χ3v) is 3.37. The summed E-state index contributed by atoms with van der Waals surface area (Å²) in [6, 6.07) is 0. The lowest BCUT2D eigenvalue weighted by atomic mass is 10.0. The molecule has 0 radical (unpaired) electrons. The zero-order chi connectivity index (χ0) is 12.3. The molecule has 94 valence electrons. The summed E-state index contributed by atoms with van der Waals surface area (Å²) in [4.78, 5) is 8.41. The lowest BCUT2D eigenvalue weighted by Crippen LogP contribution is -2.33. The molecule has 1 N–H and O–H groups in total. The first kappa shape index (κ1) is 12.6. The van der Waals surface area contributed by atoms with E-state index in [1.54, 1.807) is 13.3 Å². The Balaban J connectivity index is 1.99. The van der Waals surface area contributed by atoms with Crippen LogP contribution in [-0.4, -0.2) is 35.8 Å². The van der Waals surface area contributed by atoms with Crippen molar-refractivity contribution in [1.82, 2.24) is 9.97 Å². The molecule has 1 saturated heterocycles. The maximum Gasteiger partial charge on any atom is 0.232 e. The van der Waals surface area contributed by atoms with Crippen LogP contribution in [0.1, 0.15) is 19.8 Å². The van der Waals surface area contributed by atoms with Crippen LogP contribution in [0.3, 0.4) is 0 Å². The molecule has 2 rings (SSSR count). The fourth-order valence-corrected chi connectivity index (χ4v) is 2.18. The first-order valence-electron chi connectivity index (χ1n) is 5.57. The van der Waals surface area contributed by atoms with Crippen LogP contribution in [0.5, 0.6) is 5.88 Å². The van der Waals surface area contributed by atoms with Crippen LogP contribution in [0, 0.1) is 0 Å². The van der Waals surface area contributed by atoms with E-state index in [4.69, 9.17) is 9.47 Å². The van der Waals surface area contributed by atoms with Crippen molar-refractivity contribution in [2.75, 3.05) is 25.6 Å². The summed E-state index contributed by atoms with van der Waals surface area (Å²) in [5.74, 6) is 1.08. The number of nitrogens with one attached hydrogen (secondary N) is 1. The predicted octanol–water partition coefficient (Wildman–Crippen LogP) is 2.23. The monoisotopic (exact) mass is 301 g/mol. The molecule has 1 fully saturated rings. The Morgan fingerprint density at radius 1 is 1.65 bits per heavy atom. The standard InChI is InChI=1S/C11H16BrN3O2/c1-11(4-3-5-17-11)7-14-10-13-6-8(12)9(15-10)16-2/h6H,3-5,7H2,1-2H3,(H,13,14,15). The second-order valence-corrected chi connectivity index (χ2v) is 5.16. The van der Waals surface area contributed by atoms with Gasteiger partial charge in [0.1, 0.15) is 0 Å². The Kier molecular flexibility index (Phi) is 3.83. The second-order valence-electron chi connectivity index (χ2n) is 4.31. The smallest absolute Gasteiger partial charge is 0.232 e. The molecule has 0 spiro atoms. The van der Waals surface area contributed by atoms with Crippen LogP contribution >= 0.6 is 15.9 Å². The van der Waals surface area contributed by atoms with E-state index in [-0.39, 0.29) is 5.60 Å². The molecule has 1 atom stereocenters. The van der Waals surface area contributed by atoms with Crippen LogP contribution in [0.2, 0.25) is 0 Å². The van der Waals surface area contributed by atoms with E-state index in [0.29, 0.717) is 18.4 Å². The minimum absolute atomic E-state index is 0.107. The average Bonchev–Trinajstić information content (AvgIpc) is 2.76. The number of ether oxygens (including phenoxy) is 2. The van der Waals surface area contributed by atoms with Crippen molar-refractivity contribution in [2.24, 2.45) is 0 Å². The third-order valence-electron chi connectivity index (χ3n) is 2.83. The molecular weight excluding hydrogens is 286 g/mol. The third kappa shape index (κ3) is 3.07. The molecule has 0 amide bonds. The highest BCUT2D eigenvalue weighted by Crippen LogP contribution is 2.26. The van der Waals surface area contributed by atoms with Gasteiger partial charge in [0.25, 0.3) is 0 Å². The molecule has 0 aromatic carbocycles. The van der Waals surface area contributed by atoms with Crippen LogP contribution in [0.15, 0.2) is 10.7 Å². The number of nitrogens with zero attached hydrogens (tertiary/aromatic N) is 2. The summed E-state index contributed by atoms with van der Waals surface area (Å²) in [6.45, 7) is 3.64. The summed E-state index contributed by atoms with van der Waals surface area (Å²) in [6.07, 6.45) is 3.85. The Morgan fingerprint density at radius 3 is 3.12 bits per heavy atom. The maximum absolute atomic E-state index is 5.68. The molecule has 0 saturated carbocycles. The van der Waals surface area contributed by atoms with Gasteiger partial charge in [-0.15, -0.1) is 0 Å². The molecule has 6 heteroatoms.